The molecule has 1 aromatic carbocycles. The highest BCUT2D eigenvalue weighted by Crippen LogP contribution is 2.19. The van der Waals surface area contributed by atoms with Crippen LogP contribution in [0.4, 0.5) is 4.39 Å². The zero-order valence-corrected chi connectivity index (χ0v) is 12.9. The van der Waals surface area contributed by atoms with Gasteiger partial charge in [-0.3, -0.25) is 9.78 Å². The summed E-state index contributed by atoms with van der Waals surface area (Å²) in [5.41, 5.74) is -0.0625. The fraction of sp³-hybridized carbons (Fsp3) is 0.111. The SMILES string of the molecule is N#CCc1cc2c(cc1F)c(=O)c(C(=O)O)cn2Cc1ccccn1. The van der Waals surface area contributed by atoms with Gasteiger partial charge in [-0.25, -0.2) is 9.18 Å². The number of halogens is 1. The van der Waals surface area contributed by atoms with Gasteiger partial charge < -0.3 is 9.67 Å². The Hall–Kier alpha value is -3.53. The molecule has 0 atom stereocenters. The molecule has 0 aliphatic carbocycles. The monoisotopic (exact) mass is 337 g/mol. The number of carboxylic acids is 1. The van der Waals surface area contributed by atoms with E-state index in [2.05, 4.69) is 4.98 Å². The van der Waals surface area contributed by atoms with Crippen molar-refractivity contribution in [2.75, 3.05) is 0 Å². The Balaban J connectivity index is 2.30. The number of pyridine rings is 2. The number of fused-ring (bicyclic) bond motifs is 1. The summed E-state index contributed by atoms with van der Waals surface area (Å²) in [6.45, 7) is 0.204. The van der Waals surface area contributed by atoms with Gasteiger partial charge in [0.15, 0.2) is 0 Å². The Morgan fingerprint density at radius 3 is 2.80 bits per heavy atom. The number of hydrogen-bond acceptors (Lipinski definition) is 4. The van der Waals surface area contributed by atoms with E-state index >= 15 is 0 Å². The summed E-state index contributed by atoms with van der Waals surface area (Å²) >= 11 is 0. The number of nitriles is 1. The molecule has 1 N–H and O–H groups in total. The molecule has 0 fully saturated rings. The molecule has 0 saturated carbocycles. The number of benzene rings is 1. The van der Waals surface area contributed by atoms with Crippen LogP contribution >= 0.6 is 0 Å². The maximum absolute atomic E-state index is 14.1. The lowest BCUT2D eigenvalue weighted by Gasteiger charge is -2.13. The second-order valence-electron chi connectivity index (χ2n) is 5.42. The van der Waals surface area contributed by atoms with E-state index in [9.17, 15) is 19.1 Å². The van der Waals surface area contributed by atoms with Crippen molar-refractivity contribution in [3.05, 3.63) is 75.6 Å². The quantitative estimate of drug-likeness (QED) is 0.788. The first-order valence-corrected chi connectivity index (χ1v) is 7.37. The molecule has 2 heterocycles. The van der Waals surface area contributed by atoms with Crippen LogP contribution in [0, 0.1) is 17.1 Å². The Morgan fingerprint density at radius 2 is 2.16 bits per heavy atom. The third-order valence-corrected chi connectivity index (χ3v) is 3.81. The van der Waals surface area contributed by atoms with Gasteiger partial charge in [-0.05, 0) is 24.3 Å². The zero-order valence-electron chi connectivity index (χ0n) is 12.9. The van der Waals surface area contributed by atoms with Gasteiger partial charge in [0.05, 0.1) is 30.2 Å². The van der Waals surface area contributed by atoms with Crippen molar-refractivity contribution in [3.8, 4) is 6.07 Å². The maximum Gasteiger partial charge on any atom is 0.341 e. The van der Waals surface area contributed by atoms with E-state index in [0.29, 0.717) is 11.2 Å². The summed E-state index contributed by atoms with van der Waals surface area (Å²) in [4.78, 5) is 27.9. The maximum atomic E-state index is 14.1. The van der Waals surface area contributed by atoms with E-state index < -0.39 is 22.8 Å². The fourth-order valence-corrected chi connectivity index (χ4v) is 2.62. The summed E-state index contributed by atoms with van der Waals surface area (Å²) < 4.78 is 15.6. The van der Waals surface area contributed by atoms with Crippen LogP contribution in [0.1, 0.15) is 21.6 Å². The van der Waals surface area contributed by atoms with Gasteiger partial charge in [0.25, 0.3) is 0 Å². The third-order valence-electron chi connectivity index (χ3n) is 3.81. The lowest BCUT2D eigenvalue weighted by molar-refractivity contribution is 0.0695. The summed E-state index contributed by atoms with van der Waals surface area (Å²) in [7, 11) is 0. The summed E-state index contributed by atoms with van der Waals surface area (Å²) in [5.74, 6) is -2.10. The van der Waals surface area contributed by atoms with Crippen molar-refractivity contribution in [3.63, 3.8) is 0 Å². The van der Waals surface area contributed by atoms with Gasteiger partial charge in [-0.1, -0.05) is 6.07 Å². The van der Waals surface area contributed by atoms with Gasteiger partial charge in [0, 0.05) is 23.3 Å². The Bertz CT molecular complexity index is 1070. The van der Waals surface area contributed by atoms with Crippen LogP contribution in [0.5, 0.6) is 0 Å². The molecule has 0 aliphatic heterocycles. The molecule has 0 unspecified atom stereocenters. The highest BCUT2D eigenvalue weighted by atomic mass is 19.1. The standard InChI is InChI=1S/C18H12FN3O3/c19-15-8-13-16(7-11(15)4-5-20)22(9-12-3-1-2-6-21-12)10-14(17(13)23)18(24)25/h1-3,6-8,10H,4,9H2,(H,24,25). The number of carbonyl (C=O) groups is 1. The largest absolute Gasteiger partial charge is 0.477 e. The van der Waals surface area contributed by atoms with Crippen molar-refractivity contribution in [2.24, 2.45) is 0 Å². The molecule has 0 bridgehead atoms. The molecule has 124 valence electrons. The normalized spacial score (nSPS) is 10.6. The number of aromatic nitrogens is 2. The summed E-state index contributed by atoms with van der Waals surface area (Å²) in [6.07, 6.45) is 2.66. The van der Waals surface area contributed by atoms with Gasteiger partial charge in [0.1, 0.15) is 11.4 Å². The van der Waals surface area contributed by atoms with Crippen LogP contribution in [-0.2, 0) is 13.0 Å². The minimum absolute atomic E-state index is 0.0463. The summed E-state index contributed by atoms with van der Waals surface area (Å²) in [5, 5.41) is 18.0. The predicted molar refractivity (Wildman–Crippen MR) is 87.8 cm³/mol. The molecule has 0 amide bonds. The van der Waals surface area contributed by atoms with Gasteiger partial charge in [0.2, 0.25) is 5.43 Å². The van der Waals surface area contributed by atoms with E-state index in [1.807, 2.05) is 6.07 Å². The van der Waals surface area contributed by atoms with Gasteiger partial charge in [-0.15, -0.1) is 0 Å². The molecule has 3 rings (SSSR count). The lowest BCUT2D eigenvalue weighted by Crippen LogP contribution is -2.20. The molecule has 0 spiro atoms. The molecule has 0 saturated heterocycles. The fourth-order valence-electron chi connectivity index (χ4n) is 2.62. The minimum atomic E-state index is -1.39. The third kappa shape index (κ3) is 3.10. The van der Waals surface area contributed by atoms with Crippen LogP contribution < -0.4 is 5.43 Å². The molecule has 2 aromatic heterocycles. The molecule has 0 aliphatic rings. The number of nitrogens with zero attached hydrogens (tertiary/aromatic N) is 3. The Kier molecular flexibility index (Phi) is 4.27. The van der Waals surface area contributed by atoms with E-state index in [-0.39, 0.29) is 23.9 Å². The molecular formula is C18H12FN3O3. The van der Waals surface area contributed by atoms with Crippen molar-refractivity contribution < 1.29 is 14.3 Å². The van der Waals surface area contributed by atoms with Crippen molar-refractivity contribution in [1.29, 1.82) is 5.26 Å². The van der Waals surface area contributed by atoms with Crippen LogP contribution in [0.3, 0.4) is 0 Å². The van der Waals surface area contributed by atoms with Gasteiger partial charge >= 0.3 is 5.97 Å². The lowest BCUT2D eigenvalue weighted by atomic mass is 10.1. The van der Waals surface area contributed by atoms with Crippen molar-refractivity contribution in [1.82, 2.24) is 9.55 Å². The highest BCUT2D eigenvalue weighted by molar-refractivity contribution is 5.92. The van der Waals surface area contributed by atoms with E-state index in [1.165, 1.54) is 16.8 Å². The first kappa shape index (κ1) is 16.3. The average Bonchev–Trinajstić information content (AvgIpc) is 2.59. The number of carboxylic acid groups (broad SMARTS) is 1. The minimum Gasteiger partial charge on any atom is -0.477 e. The number of rotatable bonds is 4. The van der Waals surface area contributed by atoms with E-state index in [4.69, 9.17) is 5.26 Å². The van der Waals surface area contributed by atoms with Crippen molar-refractivity contribution in [2.45, 2.75) is 13.0 Å². The van der Waals surface area contributed by atoms with Crippen LogP contribution in [-0.4, -0.2) is 20.6 Å². The van der Waals surface area contributed by atoms with Gasteiger partial charge in [-0.2, -0.15) is 5.26 Å². The second kappa shape index (κ2) is 6.53. The Labute approximate surface area is 141 Å². The second-order valence-corrected chi connectivity index (χ2v) is 5.42. The van der Waals surface area contributed by atoms with Crippen LogP contribution in [0.15, 0.2) is 47.5 Å². The molecule has 3 aromatic rings. The number of hydrogen-bond donors (Lipinski definition) is 1. The van der Waals surface area contributed by atoms with Crippen LogP contribution in [0.25, 0.3) is 10.9 Å². The first-order valence-electron chi connectivity index (χ1n) is 7.37. The molecule has 7 heteroatoms. The molecular weight excluding hydrogens is 325 g/mol. The average molecular weight is 337 g/mol. The summed E-state index contributed by atoms with van der Waals surface area (Å²) in [6, 6.07) is 9.55. The highest BCUT2D eigenvalue weighted by Gasteiger charge is 2.17. The smallest absolute Gasteiger partial charge is 0.341 e. The van der Waals surface area contributed by atoms with Crippen molar-refractivity contribution >= 4 is 16.9 Å². The molecule has 25 heavy (non-hydrogen) atoms. The van der Waals surface area contributed by atoms with E-state index in [0.717, 1.165) is 6.07 Å². The van der Waals surface area contributed by atoms with E-state index in [1.54, 1.807) is 24.4 Å². The Morgan fingerprint density at radius 1 is 1.36 bits per heavy atom. The molecule has 6 nitrogen and oxygen atoms in total. The van der Waals surface area contributed by atoms with Crippen LogP contribution in [0.2, 0.25) is 0 Å². The predicted octanol–water partition coefficient (Wildman–Crippen LogP) is 2.35. The zero-order chi connectivity index (χ0) is 18.0. The first-order chi connectivity index (χ1) is 12.0. The number of aromatic carboxylic acids is 1. The topological polar surface area (TPSA) is 96.0 Å². The molecule has 0 radical (unpaired) electrons.